The molecule has 0 spiro atoms. The van der Waals surface area contributed by atoms with Crippen molar-refractivity contribution in [1.29, 1.82) is 0 Å². The summed E-state index contributed by atoms with van der Waals surface area (Å²) in [6.45, 7) is 6.26. The van der Waals surface area contributed by atoms with E-state index < -0.39 is 28.5 Å². The van der Waals surface area contributed by atoms with Crippen molar-refractivity contribution in [2.75, 3.05) is 26.8 Å². The van der Waals surface area contributed by atoms with Crippen LogP contribution in [0.4, 0.5) is 0 Å². The fraction of sp³-hybridized carbons (Fsp3) is 0.600. The van der Waals surface area contributed by atoms with Gasteiger partial charge in [0.2, 0.25) is 10.0 Å². The number of sulfonamides is 1. The molecular weight excluding hydrogens is 396 g/mol. The number of hydrogen-bond acceptors (Lipinski definition) is 6. The van der Waals surface area contributed by atoms with Crippen LogP contribution in [0.15, 0.2) is 23.1 Å². The first-order valence-corrected chi connectivity index (χ1v) is 11.2. The van der Waals surface area contributed by atoms with E-state index in [1.54, 1.807) is 0 Å². The van der Waals surface area contributed by atoms with Crippen molar-refractivity contribution in [3.05, 3.63) is 23.8 Å². The lowest BCUT2D eigenvalue weighted by atomic mass is 10.1. The number of amides is 1. The molecule has 1 saturated heterocycles. The summed E-state index contributed by atoms with van der Waals surface area (Å²) >= 11 is 0. The molecule has 1 aromatic carbocycles. The van der Waals surface area contributed by atoms with Crippen LogP contribution in [0.25, 0.3) is 0 Å². The number of carbonyl (C=O) groups is 2. The molecule has 1 aromatic rings. The Morgan fingerprint density at radius 1 is 1.28 bits per heavy atom. The second-order valence-corrected chi connectivity index (χ2v) is 9.46. The van der Waals surface area contributed by atoms with Crippen LogP contribution in [0.3, 0.4) is 0 Å². The Morgan fingerprint density at radius 2 is 2.00 bits per heavy atom. The number of piperidine rings is 1. The molecule has 1 fully saturated rings. The Bertz CT molecular complexity index is 837. The van der Waals surface area contributed by atoms with Gasteiger partial charge in [0.05, 0.1) is 12.7 Å². The van der Waals surface area contributed by atoms with E-state index in [-0.39, 0.29) is 28.2 Å². The topological polar surface area (TPSA) is 102 Å². The predicted molar refractivity (Wildman–Crippen MR) is 108 cm³/mol. The molecule has 1 atom stereocenters. The fourth-order valence-electron chi connectivity index (χ4n) is 3.14. The molecule has 1 heterocycles. The Hall–Kier alpha value is -2.13. The highest BCUT2D eigenvalue weighted by Gasteiger charge is 2.33. The number of rotatable bonds is 8. The number of carbonyl (C=O) groups excluding carboxylic acids is 2. The lowest BCUT2D eigenvalue weighted by molar-refractivity contribution is -0.124. The number of nitrogens with one attached hydrogen (secondary N) is 1. The number of nitrogens with zero attached hydrogens (tertiary/aromatic N) is 1. The first kappa shape index (κ1) is 23.2. The summed E-state index contributed by atoms with van der Waals surface area (Å²) in [5, 5.41) is 2.65. The average molecular weight is 427 g/mol. The normalized spacial score (nSPS) is 17.8. The van der Waals surface area contributed by atoms with Crippen LogP contribution in [0.5, 0.6) is 5.75 Å². The molecule has 0 saturated carbocycles. The second-order valence-electron chi connectivity index (χ2n) is 7.60. The lowest BCUT2D eigenvalue weighted by Crippen LogP contribution is -2.42. The number of methoxy groups -OCH3 is 1. The molecular formula is C20H30N2O6S. The summed E-state index contributed by atoms with van der Waals surface area (Å²) in [6.07, 6.45) is 2.56. The van der Waals surface area contributed by atoms with Crippen LogP contribution in [-0.4, -0.2) is 57.4 Å². The van der Waals surface area contributed by atoms with Gasteiger partial charge in [0.1, 0.15) is 10.6 Å². The largest absolute Gasteiger partial charge is 0.495 e. The smallest absolute Gasteiger partial charge is 0.338 e. The Kier molecular flexibility index (Phi) is 8.04. The highest BCUT2D eigenvalue weighted by Crippen LogP contribution is 2.31. The molecule has 1 aliphatic heterocycles. The van der Waals surface area contributed by atoms with E-state index >= 15 is 0 Å². The fourth-order valence-corrected chi connectivity index (χ4v) is 5.03. The van der Waals surface area contributed by atoms with Crippen LogP contribution >= 0.6 is 0 Å². The molecule has 1 amide bonds. The quantitative estimate of drug-likeness (QED) is 0.640. The molecule has 1 N–H and O–H groups in total. The maximum Gasteiger partial charge on any atom is 0.338 e. The van der Waals surface area contributed by atoms with Crippen molar-refractivity contribution in [2.24, 2.45) is 5.92 Å². The lowest BCUT2D eigenvalue weighted by Gasteiger charge is -2.32. The Morgan fingerprint density at radius 3 is 2.62 bits per heavy atom. The summed E-state index contributed by atoms with van der Waals surface area (Å²) in [4.78, 5) is 24.0. The maximum absolute atomic E-state index is 13.2. The first-order valence-electron chi connectivity index (χ1n) is 9.80. The first-order chi connectivity index (χ1) is 13.7. The predicted octanol–water partition coefficient (Wildman–Crippen LogP) is 2.19. The standard InChI is InChI=1S/C20H30N2O6S/c1-14(2)12-21-19(23)13-28-20(24)16-8-9-17(27-4)18(11-16)29(25,26)22-10-6-5-7-15(22)3/h8-9,11,14-15H,5-7,10,12-13H2,1-4H3,(H,21,23)/t15-/m1/s1. The molecule has 2 rings (SSSR count). The van der Waals surface area contributed by atoms with Gasteiger partial charge in [-0.25, -0.2) is 13.2 Å². The van der Waals surface area contributed by atoms with E-state index in [0.29, 0.717) is 13.1 Å². The van der Waals surface area contributed by atoms with E-state index in [1.165, 1.54) is 29.6 Å². The van der Waals surface area contributed by atoms with Crippen molar-refractivity contribution in [3.63, 3.8) is 0 Å². The monoisotopic (exact) mass is 426 g/mol. The van der Waals surface area contributed by atoms with Crippen LogP contribution in [0.2, 0.25) is 0 Å². The highest BCUT2D eigenvalue weighted by molar-refractivity contribution is 7.89. The second kappa shape index (κ2) is 10.1. The van der Waals surface area contributed by atoms with Crippen molar-refractivity contribution in [2.45, 2.75) is 51.0 Å². The zero-order valence-corrected chi connectivity index (χ0v) is 18.3. The third kappa shape index (κ3) is 5.93. The third-order valence-electron chi connectivity index (χ3n) is 4.77. The molecule has 0 radical (unpaired) electrons. The van der Waals surface area contributed by atoms with Gasteiger partial charge in [0.25, 0.3) is 5.91 Å². The van der Waals surface area contributed by atoms with E-state index in [9.17, 15) is 18.0 Å². The van der Waals surface area contributed by atoms with Crippen LogP contribution in [0, 0.1) is 5.92 Å². The van der Waals surface area contributed by atoms with Gasteiger partial charge in [-0.2, -0.15) is 4.31 Å². The molecule has 0 unspecified atom stereocenters. The SMILES string of the molecule is COc1ccc(C(=O)OCC(=O)NCC(C)C)cc1S(=O)(=O)N1CCCC[C@H]1C. The number of ether oxygens (including phenoxy) is 2. The Balaban J connectivity index is 2.19. The molecule has 0 bridgehead atoms. The van der Waals surface area contributed by atoms with E-state index in [2.05, 4.69) is 5.32 Å². The van der Waals surface area contributed by atoms with Crippen LogP contribution < -0.4 is 10.1 Å². The minimum absolute atomic E-state index is 0.0469. The zero-order chi connectivity index (χ0) is 21.6. The molecule has 1 aliphatic rings. The van der Waals surface area contributed by atoms with Gasteiger partial charge in [0.15, 0.2) is 6.61 Å². The summed E-state index contributed by atoms with van der Waals surface area (Å²) in [6, 6.07) is 3.98. The van der Waals surface area contributed by atoms with Crippen molar-refractivity contribution < 1.29 is 27.5 Å². The van der Waals surface area contributed by atoms with Crippen molar-refractivity contribution >= 4 is 21.9 Å². The molecule has 162 valence electrons. The van der Waals surface area contributed by atoms with Gasteiger partial charge in [-0.05, 0) is 43.9 Å². The van der Waals surface area contributed by atoms with Gasteiger partial charge in [0, 0.05) is 19.1 Å². The molecule has 0 aromatic heterocycles. The van der Waals surface area contributed by atoms with Crippen molar-refractivity contribution in [3.8, 4) is 5.75 Å². The highest BCUT2D eigenvalue weighted by atomic mass is 32.2. The third-order valence-corrected chi connectivity index (χ3v) is 6.80. The number of esters is 1. The van der Waals surface area contributed by atoms with Gasteiger partial charge < -0.3 is 14.8 Å². The van der Waals surface area contributed by atoms with Gasteiger partial charge in [-0.1, -0.05) is 20.3 Å². The van der Waals surface area contributed by atoms with Gasteiger partial charge in [-0.3, -0.25) is 4.79 Å². The number of hydrogen-bond donors (Lipinski definition) is 1. The average Bonchev–Trinajstić information content (AvgIpc) is 2.70. The minimum atomic E-state index is -3.84. The molecule has 29 heavy (non-hydrogen) atoms. The van der Waals surface area contributed by atoms with E-state index in [0.717, 1.165) is 19.3 Å². The van der Waals surface area contributed by atoms with E-state index in [4.69, 9.17) is 9.47 Å². The summed E-state index contributed by atoms with van der Waals surface area (Å²) in [5.74, 6) is -0.735. The van der Waals surface area contributed by atoms with E-state index in [1.807, 2.05) is 20.8 Å². The van der Waals surface area contributed by atoms with Gasteiger partial charge in [-0.15, -0.1) is 0 Å². The maximum atomic E-state index is 13.2. The summed E-state index contributed by atoms with van der Waals surface area (Å²) in [5.41, 5.74) is 0.0469. The molecule has 0 aliphatic carbocycles. The van der Waals surface area contributed by atoms with Crippen LogP contribution in [0.1, 0.15) is 50.4 Å². The molecule has 8 nitrogen and oxygen atoms in total. The minimum Gasteiger partial charge on any atom is -0.495 e. The van der Waals surface area contributed by atoms with Crippen LogP contribution in [-0.2, 0) is 19.6 Å². The number of benzene rings is 1. The van der Waals surface area contributed by atoms with Crippen molar-refractivity contribution in [1.82, 2.24) is 9.62 Å². The summed E-state index contributed by atoms with van der Waals surface area (Å²) in [7, 11) is -2.46. The Labute approximate surface area is 172 Å². The summed E-state index contributed by atoms with van der Waals surface area (Å²) < 4.78 is 38.1. The zero-order valence-electron chi connectivity index (χ0n) is 17.4. The van der Waals surface area contributed by atoms with Gasteiger partial charge >= 0.3 is 5.97 Å². The molecule has 9 heteroatoms.